The van der Waals surface area contributed by atoms with Gasteiger partial charge in [-0.3, -0.25) is 4.79 Å². The summed E-state index contributed by atoms with van der Waals surface area (Å²) in [5.41, 5.74) is 0.292. The first kappa shape index (κ1) is 9.26. The molecular weight excluding hydrogens is 168 g/mol. The SMILES string of the molecule is C#CCCCNC(=O)c1cn[nH]n1. The lowest BCUT2D eigenvalue weighted by Gasteiger charge is -1.99. The topological polar surface area (TPSA) is 70.7 Å². The lowest BCUT2D eigenvalue weighted by atomic mass is 10.3. The van der Waals surface area contributed by atoms with Crippen molar-refractivity contribution >= 4 is 5.91 Å². The summed E-state index contributed by atoms with van der Waals surface area (Å²) in [6.07, 6.45) is 7.87. The number of rotatable bonds is 4. The van der Waals surface area contributed by atoms with E-state index in [4.69, 9.17) is 6.42 Å². The first-order chi connectivity index (χ1) is 6.34. The van der Waals surface area contributed by atoms with Gasteiger partial charge in [-0.15, -0.1) is 12.3 Å². The van der Waals surface area contributed by atoms with Crippen LogP contribution in [0.15, 0.2) is 6.20 Å². The van der Waals surface area contributed by atoms with Crippen molar-refractivity contribution in [2.24, 2.45) is 0 Å². The fourth-order valence-electron chi connectivity index (χ4n) is 0.794. The molecule has 1 aromatic heterocycles. The van der Waals surface area contributed by atoms with Gasteiger partial charge in [0.1, 0.15) is 0 Å². The third-order valence-electron chi connectivity index (χ3n) is 1.43. The Hall–Kier alpha value is -1.83. The summed E-state index contributed by atoms with van der Waals surface area (Å²) in [5, 5.41) is 12.2. The fraction of sp³-hybridized carbons (Fsp3) is 0.375. The number of H-pyrrole nitrogens is 1. The molecule has 1 aromatic rings. The Kier molecular flexibility index (Phi) is 3.51. The van der Waals surface area contributed by atoms with E-state index in [0.717, 1.165) is 6.42 Å². The molecule has 0 aromatic carbocycles. The second kappa shape index (κ2) is 4.93. The molecule has 13 heavy (non-hydrogen) atoms. The van der Waals surface area contributed by atoms with Gasteiger partial charge in [-0.25, -0.2) is 0 Å². The monoisotopic (exact) mass is 178 g/mol. The molecule has 68 valence electrons. The molecule has 0 bridgehead atoms. The van der Waals surface area contributed by atoms with E-state index in [1.54, 1.807) is 0 Å². The minimum Gasteiger partial charge on any atom is -0.351 e. The third-order valence-corrected chi connectivity index (χ3v) is 1.43. The molecule has 1 rings (SSSR count). The number of hydrogen-bond acceptors (Lipinski definition) is 3. The molecule has 0 aliphatic carbocycles. The van der Waals surface area contributed by atoms with Gasteiger partial charge in [0.05, 0.1) is 6.20 Å². The number of carbonyl (C=O) groups is 1. The molecule has 0 radical (unpaired) electrons. The molecule has 1 amide bonds. The Bertz CT molecular complexity index is 298. The van der Waals surface area contributed by atoms with Crippen LogP contribution in [0.25, 0.3) is 0 Å². The van der Waals surface area contributed by atoms with Crippen molar-refractivity contribution in [2.45, 2.75) is 12.8 Å². The van der Waals surface area contributed by atoms with Crippen molar-refractivity contribution < 1.29 is 4.79 Å². The normalized spacial score (nSPS) is 9.15. The Morgan fingerprint density at radius 2 is 2.62 bits per heavy atom. The smallest absolute Gasteiger partial charge is 0.273 e. The van der Waals surface area contributed by atoms with E-state index in [2.05, 4.69) is 26.6 Å². The summed E-state index contributed by atoms with van der Waals surface area (Å²) in [7, 11) is 0. The maximum Gasteiger partial charge on any atom is 0.273 e. The maximum absolute atomic E-state index is 11.2. The van der Waals surface area contributed by atoms with Crippen molar-refractivity contribution in [1.82, 2.24) is 20.7 Å². The Balaban J connectivity index is 2.24. The Morgan fingerprint density at radius 1 is 1.77 bits per heavy atom. The van der Waals surface area contributed by atoms with E-state index < -0.39 is 0 Å². The number of terminal acetylenes is 1. The van der Waals surface area contributed by atoms with Crippen LogP contribution in [0.5, 0.6) is 0 Å². The second-order valence-corrected chi connectivity index (χ2v) is 2.42. The first-order valence-electron chi connectivity index (χ1n) is 3.92. The van der Waals surface area contributed by atoms with Gasteiger partial charge in [-0.2, -0.15) is 15.4 Å². The number of amides is 1. The van der Waals surface area contributed by atoms with E-state index in [0.29, 0.717) is 18.7 Å². The average molecular weight is 178 g/mol. The summed E-state index contributed by atoms with van der Waals surface area (Å²) in [5.74, 6) is 2.26. The van der Waals surface area contributed by atoms with E-state index in [-0.39, 0.29) is 5.91 Å². The van der Waals surface area contributed by atoms with Crippen LogP contribution in [-0.4, -0.2) is 27.9 Å². The number of unbranched alkanes of at least 4 members (excludes halogenated alkanes) is 1. The van der Waals surface area contributed by atoms with Crippen LogP contribution >= 0.6 is 0 Å². The highest BCUT2D eigenvalue weighted by Crippen LogP contribution is 1.89. The van der Waals surface area contributed by atoms with Crippen LogP contribution in [0.4, 0.5) is 0 Å². The molecule has 0 spiro atoms. The van der Waals surface area contributed by atoms with Crippen molar-refractivity contribution in [3.63, 3.8) is 0 Å². The van der Waals surface area contributed by atoms with Crippen molar-refractivity contribution in [2.75, 3.05) is 6.54 Å². The lowest BCUT2D eigenvalue weighted by molar-refractivity contribution is 0.0948. The van der Waals surface area contributed by atoms with E-state index in [1.165, 1.54) is 6.20 Å². The number of nitrogens with zero attached hydrogens (tertiary/aromatic N) is 2. The highest BCUT2D eigenvalue weighted by Gasteiger charge is 2.06. The highest BCUT2D eigenvalue weighted by atomic mass is 16.1. The molecule has 0 unspecified atom stereocenters. The standard InChI is InChI=1S/C8H10N4O/c1-2-3-4-5-9-8(13)7-6-10-12-11-7/h1,6H,3-5H2,(H,9,13)(H,10,11,12). The minimum absolute atomic E-state index is 0.231. The molecule has 0 atom stereocenters. The van der Waals surface area contributed by atoms with Crippen LogP contribution < -0.4 is 5.32 Å². The number of nitrogens with one attached hydrogen (secondary N) is 2. The molecule has 2 N–H and O–H groups in total. The molecule has 0 aliphatic heterocycles. The van der Waals surface area contributed by atoms with E-state index in [9.17, 15) is 4.79 Å². The van der Waals surface area contributed by atoms with Gasteiger partial charge in [0.25, 0.3) is 5.91 Å². The fourth-order valence-corrected chi connectivity index (χ4v) is 0.794. The summed E-state index contributed by atoms with van der Waals surface area (Å²) >= 11 is 0. The van der Waals surface area contributed by atoms with Crippen LogP contribution in [0.3, 0.4) is 0 Å². The third kappa shape index (κ3) is 2.95. The van der Waals surface area contributed by atoms with Crippen molar-refractivity contribution in [3.05, 3.63) is 11.9 Å². The molecule has 0 fully saturated rings. The lowest BCUT2D eigenvalue weighted by Crippen LogP contribution is -2.24. The minimum atomic E-state index is -0.231. The maximum atomic E-state index is 11.2. The quantitative estimate of drug-likeness (QED) is 0.501. The van der Waals surface area contributed by atoms with E-state index >= 15 is 0 Å². The highest BCUT2D eigenvalue weighted by molar-refractivity contribution is 5.91. The number of aromatic amines is 1. The molecule has 1 heterocycles. The predicted molar refractivity (Wildman–Crippen MR) is 46.8 cm³/mol. The molecule has 0 saturated heterocycles. The van der Waals surface area contributed by atoms with Gasteiger partial charge in [0, 0.05) is 13.0 Å². The first-order valence-corrected chi connectivity index (χ1v) is 3.92. The van der Waals surface area contributed by atoms with Gasteiger partial charge in [-0.05, 0) is 6.42 Å². The zero-order valence-electron chi connectivity index (χ0n) is 7.08. The second-order valence-electron chi connectivity index (χ2n) is 2.42. The number of aromatic nitrogens is 3. The molecule has 0 aliphatic rings. The predicted octanol–water partition coefficient (Wildman–Crippen LogP) is -0.0521. The van der Waals surface area contributed by atoms with Gasteiger partial charge in [0.2, 0.25) is 0 Å². The molecule has 5 nitrogen and oxygen atoms in total. The molecular formula is C8H10N4O. The van der Waals surface area contributed by atoms with Crippen LogP contribution in [0.2, 0.25) is 0 Å². The largest absolute Gasteiger partial charge is 0.351 e. The molecule has 0 saturated carbocycles. The number of hydrogen-bond donors (Lipinski definition) is 2. The van der Waals surface area contributed by atoms with Gasteiger partial charge in [-0.1, -0.05) is 0 Å². The van der Waals surface area contributed by atoms with Crippen LogP contribution in [0, 0.1) is 12.3 Å². The number of carbonyl (C=O) groups excluding carboxylic acids is 1. The summed E-state index contributed by atoms with van der Waals surface area (Å²) in [6.45, 7) is 0.565. The van der Waals surface area contributed by atoms with Gasteiger partial charge in [0.15, 0.2) is 5.69 Å². The van der Waals surface area contributed by atoms with E-state index in [1.807, 2.05) is 0 Å². The van der Waals surface area contributed by atoms with Crippen molar-refractivity contribution in [3.8, 4) is 12.3 Å². The average Bonchev–Trinajstić information content (AvgIpc) is 2.65. The van der Waals surface area contributed by atoms with Crippen LogP contribution in [-0.2, 0) is 0 Å². The Labute approximate surface area is 75.9 Å². The zero-order chi connectivity index (χ0) is 9.52. The zero-order valence-corrected chi connectivity index (χ0v) is 7.08. The summed E-state index contributed by atoms with van der Waals surface area (Å²) in [4.78, 5) is 11.2. The van der Waals surface area contributed by atoms with Gasteiger partial charge < -0.3 is 5.32 Å². The summed E-state index contributed by atoms with van der Waals surface area (Å²) in [6, 6.07) is 0. The van der Waals surface area contributed by atoms with Crippen LogP contribution in [0.1, 0.15) is 23.3 Å². The molecule has 5 heteroatoms. The van der Waals surface area contributed by atoms with Crippen molar-refractivity contribution in [1.29, 1.82) is 0 Å². The Morgan fingerprint density at radius 3 is 3.23 bits per heavy atom. The summed E-state index contributed by atoms with van der Waals surface area (Å²) < 4.78 is 0. The van der Waals surface area contributed by atoms with Gasteiger partial charge >= 0.3 is 0 Å².